The third-order valence-corrected chi connectivity index (χ3v) is 5.40. The summed E-state index contributed by atoms with van der Waals surface area (Å²) in [6, 6.07) is 11.7. The molecule has 0 heterocycles. The number of halogens is 3. The average molecular weight is 428 g/mol. The quantitative estimate of drug-likeness (QED) is 0.693. The number of benzene rings is 2. The van der Waals surface area contributed by atoms with Gasteiger partial charge in [0, 0.05) is 28.7 Å². The van der Waals surface area contributed by atoms with Crippen LogP contribution in [-0.2, 0) is 22.6 Å². The standard InChI is InChI=1S/C20H21Cl3N2O2/c1-3-18(20(27)24-2)25(12-13-7-4-5-8-15(13)21)19(26)11-14-16(22)9-6-10-17(14)23/h4-10,18H,3,11-12H2,1-2H3,(H,24,27)/t18-/m1/s1. The average Bonchev–Trinajstić information content (AvgIpc) is 2.65. The minimum absolute atomic E-state index is 0.00352. The van der Waals surface area contributed by atoms with Crippen molar-refractivity contribution in [1.29, 1.82) is 0 Å². The minimum atomic E-state index is -0.625. The maximum atomic E-state index is 13.1. The van der Waals surface area contributed by atoms with Gasteiger partial charge in [0.05, 0.1) is 6.42 Å². The van der Waals surface area contributed by atoms with E-state index in [4.69, 9.17) is 34.8 Å². The second kappa shape index (κ2) is 9.98. The largest absolute Gasteiger partial charge is 0.357 e. The maximum Gasteiger partial charge on any atom is 0.242 e. The van der Waals surface area contributed by atoms with Crippen LogP contribution in [0, 0.1) is 0 Å². The molecule has 0 fully saturated rings. The summed E-state index contributed by atoms with van der Waals surface area (Å²) < 4.78 is 0. The molecular weight excluding hydrogens is 407 g/mol. The molecule has 0 spiro atoms. The third-order valence-electron chi connectivity index (χ3n) is 4.32. The van der Waals surface area contributed by atoms with E-state index in [0.717, 1.165) is 5.56 Å². The Morgan fingerprint density at radius 3 is 2.15 bits per heavy atom. The van der Waals surface area contributed by atoms with Crippen LogP contribution in [0.5, 0.6) is 0 Å². The Hall–Kier alpha value is -1.75. The number of nitrogens with zero attached hydrogens (tertiary/aromatic N) is 1. The highest BCUT2D eigenvalue weighted by molar-refractivity contribution is 6.36. The molecule has 7 heteroatoms. The highest BCUT2D eigenvalue weighted by Crippen LogP contribution is 2.26. The molecule has 0 aliphatic heterocycles. The van der Waals surface area contributed by atoms with Gasteiger partial charge < -0.3 is 10.2 Å². The summed E-state index contributed by atoms with van der Waals surface area (Å²) in [6.45, 7) is 2.07. The Labute approximate surface area is 174 Å². The summed E-state index contributed by atoms with van der Waals surface area (Å²) in [5.74, 6) is -0.483. The van der Waals surface area contributed by atoms with E-state index in [1.807, 2.05) is 25.1 Å². The van der Waals surface area contributed by atoms with Crippen molar-refractivity contribution in [2.24, 2.45) is 0 Å². The molecule has 0 saturated carbocycles. The monoisotopic (exact) mass is 426 g/mol. The molecule has 0 saturated heterocycles. The van der Waals surface area contributed by atoms with E-state index < -0.39 is 6.04 Å². The van der Waals surface area contributed by atoms with Gasteiger partial charge in [-0.25, -0.2) is 0 Å². The fourth-order valence-corrected chi connectivity index (χ4v) is 3.58. The van der Waals surface area contributed by atoms with Gasteiger partial charge in [-0.3, -0.25) is 9.59 Å². The molecule has 2 amide bonds. The molecule has 0 aromatic heterocycles. The van der Waals surface area contributed by atoms with E-state index >= 15 is 0 Å². The van der Waals surface area contributed by atoms with E-state index in [9.17, 15) is 9.59 Å². The van der Waals surface area contributed by atoms with Gasteiger partial charge >= 0.3 is 0 Å². The van der Waals surface area contributed by atoms with Crippen molar-refractivity contribution >= 4 is 46.6 Å². The van der Waals surface area contributed by atoms with Crippen molar-refractivity contribution in [1.82, 2.24) is 10.2 Å². The van der Waals surface area contributed by atoms with Crippen LogP contribution in [0.2, 0.25) is 15.1 Å². The van der Waals surface area contributed by atoms with E-state index in [1.54, 1.807) is 31.3 Å². The molecule has 0 aliphatic rings. The number of nitrogens with one attached hydrogen (secondary N) is 1. The highest BCUT2D eigenvalue weighted by Gasteiger charge is 2.29. The lowest BCUT2D eigenvalue weighted by atomic mass is 10.1. The molecule has 4 nitrogen and oxygen atoms in total. The van der Waals surface area contributed by atoms with Crippen LogP contribution in [0.3, 0.4) is 0 Å². The van der Waals surface area contributed by atoms with Crippen molar-refractivity contribution in [3.63, 3.8) is 0 Å². The zero-order valence-corrected chi connectivity index (χ0v) is 17.4. The number of rotatable bonds is 7. The maximum absolute atomic E-state index is 13.1. The Bertz CT molecular complexity index is 806. The third kappa shape index (κ3) is 5.38. The Morgan fingerprint density at radius 1 is 1.00 bits per heavy atom. The lowest BCUT2D eigenvalue weighted by molar-refractivity contribution is -0.140. The van der Waals surface area contributed by atoms with Gasteiger partial charge in [-0.05, 0) is 35.7 Å². The van der Waals surface area contributed by atoms with Crippen molar-refractivity contribution in [3.8, 4) is 0 Å². The second-order valence-electron chi connectivity index (χ2n) is 6.03. The first-order valence-corrected chi connectivity index (χ1v) is 9.69. The number of carbonyl (C=O) groups is 2. The molecular formula is C20H21Cl3N2O2. The Kier molecular flexibility index (Phi) is 7.96. The number of amides is 2. The number of carbonyl (C=O) groups excluding carboxylic acids is 2. The summed E-state index contributed by atoms with van der Waals surface area (Å²) in [6.07, 6.45) is 0.461. The van der Waals surface area contributed by atoms with Gasteiger partial charge in [-0.2, -0.15) is 0 Å². The van der Waals surface area contributed by atoms with Crippen molar-refractivity contribution in [3.05, 3.63) is 68.7 Å². The van der Waals surface area contributed by atoms with Crippen LogP contribution in [0.4, 0.5) is 0 Å². The summed E-state index contributed by atoms with van der Waals surface area (Å²) in [4.78, 5) is 27.0. The van der Waals surface area contributed by atoms with Crippen molar-refractivity contribution < 1.29 is 9.59 Å². The van der Waals surface area contributed by atoms with Gasteiger partial charge in [0.25, 0.3) is 0 Å². The topological polar surface area (TPSA) is 49.4 Å². The summed E-state index contributed by atoms with van der Waals surface area (Å²) in [7, 11) is 1.55. The van der Waals surface area contributed by atoms with Gasteiger partial charge in [0.1, 0.15) is 6.04 Å². The SMILES string of the molecule is CC[C@H](C(=O)NC)N(Cc1ccccc1Cl)C(=O)Cc1c(Cl)cccc1Cl. The van der Waals surface area contributed by atoms with E-state index in [-0.39, 0.29) is 24.8 Å². The molecule has 27 heavy (non-hydrogen) atoms. The molecule has 144 valence electrons. The number of hydrogen-bond acceptors (Lipinski definition) is 2. The predicted octanol–water partition coefficient (Wildman–Crippen LogP) is 4.74. The van der Waals surface area contributed by atoms with Gasteiger partial charge in [-0.1, -0.05) is 66.0 Å². The Balaban J connectivity index is 2.37. The van der Waals surface area contributed by atoms with E-state index in [1.165, 1.54) is 4.90 Å². The molecule has 2 rings (SSSR count). The summed E-state index contributed by atoms with van der Waals surface area (Å²) >= 11 is 18.7. The number of likely N-dealkylation sites (N-methyl/N-ethyl adjacent to an activating group) is 1. The van der Waals surface area contributed by atoms with Gasteiger partial charge in [0.15, 0.2) is 0 Å². The van der Waals surface area contributed by atoms with Crippen LogP contribution in [0.25, 0.3) is 0 Å². The zero-order valence-electron chi connectivity index (χ0n) is 15.1. The number of hydrogen-bond donors (Lipinski definition) is 1. The molecule has 0 bridgehead atoms. The summed E-state index contributed by atoms with van der Waals surface area (Å²) in [5, 5.41) is 4.00. The van der Waals surface area contributed by atoms with E-state index in [2.05, 4.69) is 5.32 Å². The minimum Gasteiger partial charge on any atom is -0.357 e. The van der Waals surface area contributed by atoms with Gasteiger partial charge in [-0.15, -0.1) is 0 Å². The van der Waals surface area contributed by atoms with Crippen LogP contribution >= 0.6 is 34.8 Å². The fourth-order valence-electron chi connectivity index (χ4n) is 2.85. The van der Waals surface area contributed by atoms with Crippen LogP contribution in [-0.4, -0.2) is 29.8 Å². The molecule has 2 aromatic rings. The molecule has 0 radical (unpaired) electrons. The lowest BCUT2D eigenvalue weighted by Gasteiger charge is -2.30. The van der Waals surface area contributed by atoms with Crippen molar-refractivity contribution in [2.75, 3.05) is 7.05 Å². The predicted molar refractivity (Wildman–Crippen MR) is 110 cm³/mol. The second-order valence-corrected chi connectivity index (χ2v) is 7.25. The first kappa shape index (κ1) is 21.5. The highest BCUT2D eigenvalue weighted by atomic mass is 35.5. The normalized spacial score (nSPS) is 11.7. The fraction of sp³-hybridized carbons (Fsp3) is 0.300. The Morgan fingerprint density at radius 2 is 1.59 bits per heavy atom. The van der Waals surface area contributed by atoms with E-state index in [0.29, 0.717) is 27.1 Å². The molecule has 2 aromatic carbocycles. The van der Waals surface area contributed by atoms with Crippen LogP contribution < -0.4 is 5.32 Å². The molecule has 0 unspecified atom stereocenters. The van der Waals surface area contributed by atoms with Crippen LogP contribution in [0.1, 0.15) is 24.5 Å². The van der Waals surface area contributed by atoms with Gasteiger partial charge in [0.2, 0.25) is 11.8 Å². The molecule has 0 aliphatic carbocycles. The lowest BCUT2D eigenvalue weighted by Crippen LogP contribution is -2.48. The molecule has 1 N–H and O–H groups in total. The zero-order chi connectivity index (χ0) is 20.0. The first-order valence-electron chi connectivity index (χ1n) is 8.56. The summed E-state index contributed by atoms with van der Waals surface area (Å²) in [5.41, 5.74) is 1.31. The molecule has 1 atom stereocenters. The van der Waals surface area contributed by atoms with Crippen molar-refractivity contribution in [2.45, 2.75) is 32.4 Å². The van der Waals surface area contributed by atoms with Crippen LogP contribution in [0.15, 0.2) is 42.5 Å². The first-order chi connectivity index (χ1) is 12.9. The smallest absolute Gasteiger partial charge is 0.242 e.